The highest BCUT2D eigenvalue weighted by molar-refractivity contribution is 5.37. The molecule has 0 radical (unpaired) electrons. The Bertz CT molecular complexity index is 629. The monoisotopic (exact) mass is 336 g/mol. The largest absolute Gasteiger partial charge is 0.497 e. The van der Waals surface area contributed by atoms with E-state index < -0.39 is 22.9 Å². The van der Waals surface area contributed by atoms with Crippen molar-refractivity contribution in [3.05, 3.63) is 29.8 Å². The Balaban J connectivity index is 1.49. The number of hydrogen-bond acceptors (Lipinski definition) is 6. The molecule has 0 amide bonds. The van der Waals surface area contributed by atoms with Crippen LogP contribution in [-0.2, 0) is 20.8 Å². The van der Waals surface area contributed by atoms with Gasteiger partial charge in [0, 0.05) is 0 Å². The summed E-state index contributed by atoms with van der Waals surface area (Å²) in [6, 6.07) is 7.70. The Labute approximate surface area is 141 Å². The number of rotatable bonds is 5. The molecular formula is C18H24O6. The van der Waals surface area contributed by atoms with Crippen molar-refractivity contribution >= 4 is 0 Å². The zero-order valence-corrected chi connectivity index (χ0v) is 14.2. The second-order valence-electron chi connectivity index (χ2n) is 7.45. The first-order chi connectivity index (χ1) is 11.4. The first kappa shape index (κ1) is 16.3. The fraction of sp³-hybridized carbons (Fsp3) is 0.667. The molecule has 1 heterocycles. The van der Waals surface area contributed by atoms with Crippen LogP contribution in [0.3, 0.4) is 0 Å². The molecular weight excluding hydrogens is 312 g/mol. The van der Waals surface area contributed by atoms with Crippen molar-refractivity contribution < 1.29 is 29.2 Å². The van der Waals surface area contributed by atoms with Crippen molar-refractivity contribution in [3.63, 3.8) is 0 Å². The van der Waals surface area contributed by atoms with Gasteiger partial charge in [-0.2, -0.15) is 0 Å². The average molecular weight is 336 g/mol. The van der Waals surface area contributed by atoms with Gasteiger partial charge in [0.05, 0.1) is 37.9 Å². The molecule has 1 aliphatic heterocycles. The number of aliphatic hydroxyl groups excluding tert-OH is 2. The fourth-order valence-corrected chi connectivity index (χ4v) is 4.48. The standard InChI is InChI=1S/C18H24O6/c1-16(2)23-14-13(8-17(10-19)15(20)18(14,17)24-16)22-9-11-4-6-12(21-3)7-5-11/h4-7,13-15,19-20H,8-10H2,1-3H3. The summed E-state index contributed by atoms with van der Waals surface area (Å²) in [6.45, 7) is 3.96. The molecule has 2 aliphatic carbocycles. The molecule has 6 nitrogen and oxygen atoms in total. The smallest absolute Gasteiger partial charge is 0.164 e. The van der Waals surface area contributed by atoms with Crippen LogP contribution in [0, 0.1) is 5.41 Å². The molecule has 6 heteroatoms. The third-order valence-corrected chi connectivity index (χ3v) is 5.68. The highest BCUT2D eigenvalue weighted by atomic mass is 16.8. The first-order valence-electron chi connectivity index (χ1n) is 8.30. The summed E-state index contributed by atoms with van der Waals surface area (Å²) < 4.78 is 23.3. The summed E-state index contributed by atoms with van der Waals surface area (Å²) in [5.74, 6) is 0.0153. The maximum atomic E-state index is 10.4. The molecule has 5 atom stereocenters. The summed E-state index contributed by atoms with van der Waals surface area (Å²) >= 11 is 0. The predicted octanol–water partition coefficient (Wildman–Crippen LogP) is 1.23. The van der Waals surface area contributed by atoms with E-state index >= 15 is 0 Å². The molecule has 2 saturated carbocycles. The van der Waals surface area contributed by atoms with E-state index in [9.17, 15) is 10.2 Å². The van der Waals surface area contributed by atoms with Crippen molar-refractivity contribution in [1.82, 2.24) is 0 Å². The molecule has 0 bridgehead atoms. The van der Waals surface area contributed by atoms with Gasteiger partial charge in [-0.05, 0) is 38.0 Å². The third kappa shape index (κ3) is 2.01. The van der Waals surface area contributed by atoms with Crippen molar-refractivity contribution in [3.8, 4) is 5.75 Å². The Hall–Kier alpha value is -1.18. The Morgan fingerprint density at radius 3 is 2.58 bits per heavy atom. The van der Waals surface area contributed by atoms with Crippen molar-refractivity contribution in [1.29, 1.82) is 0 Å². The van der Waals surface area contributed by atoms with E-state index in [0.29, 0.717) is 13.0 Å². The van der Waals surface area contributed by atoms with Gasteiger partial charge in [0.1, 0.15) is 17.5 Å². The van der Waals surface area contributed by atoms with Crippen molar-refractivity contribution in [2.24, 2.45) is 5.41 Å². The molecule has 2 N–H and O–H groups in total. The minimum atomic E-state index is -0.837. The first-order valence-corrected chi connectivity index (χ1v) is 8.30. The number of aliphatic hydroxyl groups is 2. The van der Waals surface area contributed by atoms with Crippen molar-refractivity contribution in [2.75, 3.05) is 13.7 Å². The Morgan fingerprint density at radius 1 is 1.25 bits per heavy atom. The normalized spacial score (nSPS) is 41.8. The van der Waals surface area contributed by atoms with E-state index in [4.69, 9.17) is 18.9 Å². The maximum Gasteiger partial charge on any atom is 0.164 e. The van der Waals surface area contributed by atoms with Crippen LogP contribution in [0.25, 0.3) is 0 Å². The van der Waals surface area contributed by atoms with E-state index in [1.54, 1.807) is 7.11 Å². The van der Waals surface area contributed by atoms with Gasteiger partial charge < -0.3 is 29.2 Å². The number of ether oxygens (including phenoxy) is 4. The molecule has 1 spiro atoms. The van der Waals surface area contributed by atoms with Gasteiger partial charge in [-0.3, -0.25) is 0 Å². The quantitative estimate of drug-likeness (QED) is 0.842. The van der Waals surface area contributed by atoms with E-state index in [-0.39, 0.29) is 18.8 Å². The Kier molecular flexibility index (Phi) is 3.50. The molecule has 1 aromatic rings. The second kappa shape index (κ2) is 5.16. The highest BCUT2D eigenvalue weighted by Gasteiger charge is 2.90. The van der Waals surface area contributed by atoms with Crippen LogP contribution in [0.5, 0.6) is 5.75 Å². The predicted molar refractivity (Wildman–Crippen MR) is 84.5 cm³/mol. The zero-order chi connectivity index (χ0) is 17.2. The molecule has 0 aromatic heterocycles. The molecule has 24 heavy (non-hydrogen) atoms. The van der Waals surface area contributed by atoms with Gasteiger partial charge in [-0.1, -0.05) is 12.1 Å². The third-order valence-electron chi connectivity index (χ3n) is 5.68. The van der Waals surface area contributed by atoms with Crippen LogP contribution >= 0.6 is 0 Å². The molecule has 3 aliphatic rings. The number of methoxy groups -OCH3 is 1. The van der Waals surface area contributed by atoms with Crippen LogP contribution in [0.15, 0.2) is 24.3 Å². The summed E-state index contributed by atoms with van der Waals surface area (Å²) in [4.78, 5) is 0. The minimum Gasteiger partial charge on any atom is -0.497 e. The summed E-state index contributed by atoms with van der Waals surface area (Å²) in [5.41, 5.74) is -0.478. The topological polar surface area (TPSA) is 77.4 Å². The summed E-state index contributed by atoms with van der Waals surface area (Å²) in [5, 5.41) is 20.3. The second-order valence-corrected chi connectivity index (χ2v) is 7.45. The fourth-order valence-electron chi connectivity index (χ4n) is 4.48. The lowest BCUT2D eigenvalue weighted by Crippen LogP contribution is -2.37. The molecule has 132 valence electrons. The number of hydrogen-bond donors (Lipinski definition) is 2. The molecule has 1 aromatic carbocycles. The van der Waals surface area contributed by atoms with Crippen LogP contribution in [-0.4, -0.2) is 53.6 Å². The van der Waals surface area contributed by atoms with Gasteiger partial charge >= 0.3 is 0 Å². The van der Waals surface area contributed by atoms with Crippen molar-refractivity contribution in [2.45, 2.75) is 56.6 Å². The van der Waals surface area contributed by atoms with E-state index in [1.165, 1.54) is 0 Å². The van der Waals surface area contributed by atoms with Crippen LogP contribution < -0.4 is 4.74 Å². The minimum absolute atomic E-state index is 0.132. The summed E-state index contributed by atoms with van der Waals surface area (Å²) in [6.07, 6.45) is -0.762. The van der Waals surface area contributed by atoms with Gasteiger partial charge in [-0.25, -0.2) is 0 Å². The zero-order valence-electron chi connectivity index (χ0n) is 14.2. The van der Waals surface area contributed by atoms with Gasteiger partial charge in [0.15, 0.2) is 5.79 Å². The van der Waals surface area contributed by atoms with E-state index in [0.717, 1.165) is 11.3 Å². The SMILES string of the molecule is COc1ccc(COC2CC3(CO)C(O)C34OC(C)(C)OC24)cc1. The lowest BCUT2D eigenvalue weighted by molar-refractivity contribution is -0.173. The van der Waals surface area contributed by atoms with Gasteiger partial charge in [-0.15, -0.1) is 0 Å². The average Bonchev–Trinajstić information content (AvgIpc) is 2.82. The van der Waals surface area contributed by atoms with Gasteiger partial charge in [0.25, 0.3) is 0 Å². The van der Waals surface area contributed by atoms with E-state index in [2.05, 4.69) is 0 Å². The Morgan fingerprint density at radius 2 is 1.96 bits per heavy atom. The molecule has 1 saturated heterocycles. The van der Waals surface area contributed by atoms with E-state index in [1.807, 2.05) is 38.1 Å². The lowest BCUT2D eigenvalue weighted by Gasteiger charge is -2.24. The van der Waals surface area contributed by atoms with Gasteiger partial charge in [0.2, 0.25) is 0 Å². The van der Waals surface area contributed by atoms with Crippen LogP contribution in [0.4, 0.5) is 0 Å². The lowest BCUT2D eigenvalue weighted by atomic mass is 10.0. The molecule has 3 fully saturated rings. The van der Waals surface area contributed by atoms with Crippen LogP contribution in [0.1, 0.15) is 25.8 Å². The van der Waals surface area contributed by atoms with Crippen LogP contribution in [0.2, 0.25) is 0 Å². The highest BCUT2D eigenvalue weighted by Crippen LogP contribution is 2.73. The summed E-state index contributed by atoms with van der Waals surface area (Å²) in [7, 11) is 1.63. The molecule has 5 unspecified atom stereocenters. The number of benzene rings is 1. The molecule has 4 rings (SSSR count). The maximum absolute atomic E-state index is 10.4.